The van der Waals surface area contributed by atoms with Gasteiger partial charge in [-0.3, -0.25) is 4.98 Å². The number of hydrogen-bond donors (Lipinski definition) is 2. The van der Waals surface area contributed by atoms with E-state index >= 15 is 0 Å². The smallest absolute Gasteiger partial charge is 0.317 e. The molecule has 0 spiro atoms. The van der Waals surface area contributed by atoms with Gasteiger partial charge in [0.25, 0.3) is 0 Å². The molecule has 0 saturated carbocycles. The zero-order valence-corrected chi connectivity index (χ0v) is 10.8. The second kappa shape index (κ2) is 5.25. The molecule has 0 aliphatic rings. The first-order valence-electron chi connectivity index (χ1n) is 4.98. The lowest BCUT2D eigenvalue weighted by atomic mass is 9.95. The van der Waals surface area contributed by atoms with Crippen LogP contribution in [0.5, 0.6) is 0 Å². The van der Waals surface area contributed by atoms with Crippen LogP contribution in [0.25, 0.3) is 0 Å². The molecule has 0 radical (unpaired) electrons. The monoisotopic (exact) mass is 266 g/mol. The number of alkyl halides is 2. The lowest BCUT2D eigenvalue weighted by Crippen LogP contribution is -2.40. The Morgan fingerprint density at radius 2 is 1.94 bits per heavy atom. The first-order valence-corrected chi connectivity index (χ1v) is 4.98. The predicted octanol–water partition coefficient (Wildman–Crippen LogP) is 2.39. The fraction of sp³-hybridized carbons (Fsp3) is 0.545. The number of rotatable bonds is 3. The minimum Gasteiger partial charge on any atom is -0.384 e. The first-order chi connectivity index (χ1) is 7.16. The Morgan fingerprint density at radius 1 is 1.41 bits per heavy atom. The van der Waals surface area contributed by atoms with E-state index in [1.807, 2.05) is 0 Å². The Balaban J connectivity index is 0.00000256. The molecule has 0 aromatic carbocycles. The summed E-state index contributed by atoms with van der Waals surface area (Å²) in [6.45, 7) is 3.79. The summed E-state index contributed by atoms with van der Waals surface area (Å²) < 4.78 is 27.5. The van der Waals surface area contributed by atoms with Gasteiger partial charge in [-0.15, -0.1) is 12.4 Å². The highest BCUT2D eigenvalue weighted by atomic mass is 35.5. The standard InChI is InChI=1S/C11H16F2N2O.ClH/c1-7(14)8-4-5-15-9(6-8)11(12,13)10(2,3)16;/h4-7,16H,14H2,1-3H3;1H. The lowest BCUT2D eigenvalue weighted by molar-refractivity contribution is -0.171. The molecular formula is C11H17ClF2N2O. The molecule has 17 heavy (non-hydrogen) atoms. The second-order valence-corrected chi connectivity index (χ2v) is 4.40. The number of pyridine rings is 1. The maximum atomic E-state index is 13.8. The van der Waals surface area contributed by atoms with Crippen molar-refractivity contribution in [3.05, 3.63) is 29.6 Å². The van der Waals surface area contributed by atoms with E-state index in [2.05, 4.69) is 4.98 Å². The van der Waals surface area contributed by atoms with Gasteiger partial charge in [0.1, 0.15) is 11.3 Å². The predicted molar refractivity (Wildman–Crippen MR) is 64.3 cm³/mol. The van der Waals surface area contributed by atoms with E-state index in [-0.39, 0.29) is 18.4 Å². The molecule has 1 rings (SSSR count). The van der Waals surface area contributed by atoms with Crippen molar-refractivity contribution in [2.75, 3.05) is 0 Å². The summed E-state index contributed by atoms with van der Waals surface area (Å²) in [7, 11) is 0. The van der Waals surface area contributed by atoms with Gasteiger partial charge < -0.3 is 10.8 Å². The maximum absolute atomic E-state index is 13.8. The Labute approximate surface area is 105 Å². The maximum Gasteiger partial charge on any atom is 0.317 e. The van der Waals surface area contributed by atoms with Crippen molar-refractivity contribution in [3.8, 4) is 0 Å². The molecule has 0 aliphatic heterocycles. The van der Waals surface area contributed by atoms with Gasteiger partial charge in [0, 0.05) is 12.2 Å². The average molecular weight is 267 g/mol. The molecule has 1 aromatic rings. The minimum absolute atomic E-state index is 0. The molecule has 3 nitrogen and oxygen atoms in total. The summed E-state index contributed by atoms with van der Waals surface area (Å²) in [6, 6.07) is 2.46. The summed E-state index contributed by atoms with van der Waals surface area (Å²) >= 11 is 0. The number of nitrogens with zero attached hydrogens (tertiary/aromatic N) is 1. The normalized spacial score (nSPS) is 14.1. The molecule has 6 heteroatoms. The van der Waals surface area contributed by atoms with Crippen LogP contribution in [-0.2, 0) is 5.92 Å². The highest BCUT2D eigenvalue weighted by Crippen LogP contribution is 2.37. The van der Waals surface area contributed by atoms with Gasteiger partial charge in [0.2, 0.25) is 0 Å². The number of halogens is 3. The van der Waals surface area contributed by atoms with Crippen LogP contribution in [0.3, 0.4) is 0 Å². The van der Waals surface area contributed by atoms with Crippen molar-refractivity contribution in [3.63, 3.8) is 0 Å². The molecule has 0 fully saturated rings. The zero-order valence-electron chi connectivity index (χ0n) is 9.95. The lowest BCUT2D eigenvalue weighted by Gasteiger charge is -2.28. The summed E-state index contributed by atoms with van der Waals surface area (Å²) in [5, 5.41) is 9.41. The molecule has 1 atom stereocenters. The van der Waals surface area contributed by atoms with E-state index in [9.17, 15) is 13.9 Å². The van der Waals surface area contributed by atoms with E-state index in [1.165, 1.54) is 12.3 Å². The van der Waals surface area contributed by atoms with Crippen LogP contribution in [0.2, 0.25) is 0 Å². The van der Waals surface area contributed by atoms with Crippen molar-refractivity contribution >= 4 is 12.4 Å². The molecule has 1 heterocycles. The SMILES string of the molecule is CC(N)c1ccnc(C(F)(F)C(C)(C)O)c1.Cl. The van der Waals surface area contributed by atoms with E-state index in [0.29, 0.717) is 5.56 Å². The second-order valence-electron chi connectivity index (χ2n) is 4.40. The Bertz CT molecular complexity index is 378. The highest BCUT2D eigenvalue weighted by Gasteiger charge is 2.48. The van der Waals surface area contributed by atoms with Gasteiger partial charge in [0.05, 0.1) is 0 Å². The molecule has 0 saturated heterocycles. The summed E-state index contributed by atoms with van der Waals surface area (Å²) in [4.78, 5) is 3.59. The fourth-order valence-electron chi connectivity index (χ4n) is 1.22. The van der Waals surface area contributed by atoms with Crippen molar-refractivity contribution in [2.45, 2.75) is 38.3 Å². The number of nitrogens with two attached hydrogens (primary N) is 1. The van der Waals surface area contributed by atoms with E-state index in [0.717, 1.165) is 13.8 Å². The van der Waals surface area contributed by atoms with Gasteiger partial charge in [-0.1, -0.05) is 0 Å². The third-order valence-electron chi connectivity index (χ3n) is 2.40. The molecule has 0 bridgehead atoms. The highest BCUT2D eigenvalue weighted by molar-refractivity contribution is 5.85. The van der Waals surface area contributed by atoms with Gasteiger partial charge in [0.15, 0.2) is 0 Å². The van der Waals surface area contributed by atoms with Crippen molar-refractivity contribution in [1.82, 2.24) is 4.98 Å². The van der Waals surface area contributed by atoms with Crippen LogP contribution in [0.15, 0.2) is 18.3 Å². The minimum atomic E-state index is -3.40. The number of aliphatic hydroxyl groups is 1. The molecule has 98 valence electrons. The molecule has 0 aliphatic carbocycles. The Morgan fingerprint density at radius 3 is 2.35 bits per heavy atom. The van der Waals surface area contributed by atoms with Gasteiger partial charge >= 0.3 is 5.92 Å². The van der Waals surface area contributed by atoms with Crippen molar-refractivity contribution < 1.29 is 13.9 Å². The van der Waals surface area contributed by atoms with E-state index in [4.69, 9.17) is 5.73 Å². The van der Waals surface area contributed by atoms with Crippen molar-refractivity contribution in [2.24, 2.45) is 5.73 Å². The summed E-state index contributed by atoms with van der Waals surface area (Å²) in [5.74, 6) is -3.40. The van der Waals surface area contributed by atoms with Gasteiger partial charge in [-0.2, -0.15) is 8.78 Å². The molecule has 3 N–H and O–H groups in total. The Hall–Kier alpha value is -0.780. The summed E-state index contributed by atoms with van der Waals surface area (Å²) in [6.07, 6.45) is 1.27. The van der Waals surface area contributed by atoms with Gasteiger partial charge in [-0.25, -0.2) is 0 Å². The summed E-state index contributed by atoms with van der Waals surface area (Å²) in [5.41, 5.74) is 3.54. The quantitative estimate of drug-likeness (QED) is 0.883. The van der Waals surface area contributed by atoms with Crippen molar-refractivity contribution in [1.29, 1.82) is 0 Å². The largest absolute Gasteiger partial charge is 0.384 e. The number of hydrogen-bond acceptors (Lipinski definition) is 3. The van der Waals surface area contributed by atoms with Crippen LogP contribution >= 0.6 is 12.4 Å². The Kier molecular flexibility index (Phi) is 5.01. The van der Waals surface area contributed by atoms with Crippen LogP contribution in [0.4, 0.5) is 8.78 Å². The first kappa shape index (κ1) is 16.2. The van der Waals surface area contributed by atoms with Crippen LogP contribution < -0.4 is 5.73 Å². The fourth-order valence-corrected chi connectivity index (χ4v) is 1.22. The third-order valence-corrected chi connectivity index (χ3v) is 2.40. The van der Waals surface area contributed by atoms with E-state index < -0.39 is 17.2 Å². The molecule has 1 unspecified atom stereocenters. The molecule has 1 aromatic heterocycles. The zero-order chi connectivity index (χ0) is 12.6. The van der Waals surface area contributed by atoms with E-state index in [1.54, 1.807) is 13.0 Å². The molecule has 0 amide bonds. The van der Waals surface area contributed by atoms with Gasteiger partial charge in [-0.05, 0) is 38.5 Å². The number of aromatic nitrogens is 1. The third kappa shape index (κ3) is 3.34. The average Bonchev–Trinajstić information content (AvgIpc) is 2.16. The topological polar surface area (TPSA) is 59.1 Å². The van der Waals surface area contributed by atoms with Crippen LogP contribution in [-0.4, -0.2) is 15.7 Å². The molecular weight excluding hydrogens is 250 g/mol. The van der Waals surface area contributed by atoms with Crippen LogP contribution in [0.1, 0.15) is 38.1 Å². The van der Waals surface area contributed by atoms with Crippen LogP contribution in [0, 0.1) is 0 Å².